The molecule has 0 atom stereocenters. The van der Waals surface area contributed by atoms with Gasteiger partial charge in [-0.1, -0.05) is 183 Å². The van der Waals surface area contributed by atoms with Crippen LogP contribution in [-0.2, 0) is 0 Å². The van der Waals surface area contributed by atoms with Gasteiger partial charge < -0.3 is 0 Å². The summed E-state index contributed by atoms with van der Waals surface area (Å²) in [6.07, 6.45) is 1.89. The summed E-state index contributed by atoms with van der Waals surface area (Å²) in [5.74, 6) is 0. The molecule has 0 fully saturated rings. The molecule has 9 aromatic rings. The van der Waals surface area contributed by atoms with E-state index in [0.717, 1.165) is 39.2 Å². The fourth-order valence-electron chi connectivity index (χ4n) is 7.87. The number of benzene rings is 8. The van der Waals surface area contributed by atoms with Crippen LogP contribution >= 0.6 is 0 Å². The van der Waals surface area contributed by atoms with E-state index in [0.29, 0.717) is 0 Å². The van der Waals surface area contributed by atoms with Crippen molar-refractivity contribution in [3.63, 3.8) is 0 Å². The largest absolute Gasteiger partial charge is 0.248 e. The highest BCUT2D eigenvalue weighted by molar-refractivity contribution is 6.22. The van der Waals surface area contributed by atoms with Gasteiger partial charge in [0.1, 0.15) is 0 Å². The average Bonchev–Trinajstić information content (AvgIpc) is 3.23. The Bertz CT molecular complexity index is 2760. The minimum atomic E-state index is 0.879. The van der Waals surface area contributed by atoms with Crippen molar-refractivity contribution in [2.75, 3.05) is 0 Å². The molecule has 0 aliphatic carbocycles. The van der Waals surface area contributed by atoms with Crippen LogP contribution in [0.15, 0.2) is 195 Å². The zero-order valence-electron chi connectivity index (χ0n) is 29.6. The van der Waals surface area contributed by atoms with Crippen molar-refractivity contribution >= 4 is 27.6 Å². The van der Waals surface area contributed by atoms with E-state index in [4.69, 9.17) is 4.98 Å². The maximum atomic E-state index is 5.12. The van der Waals surface area contributed by atoms with Crippen LogP contribution < -0.4 is 0 Å². The lowest BCUT2D eigenvalue weighted by Crippen LogP contribution is -1.97. The van der Waals surface area contributed by atoms with Gasteiger partial charge in [-0.3, -0.25) is 0 Å². The summed E-state index contributed by atoms with van der Waals surface area (Å²) >= 11 is 0. The summed E-state index contributed by atoms with van der Waals surface area (Å²) in [4.78, 5) is 5.12. The average molecular weight is 676 g/mol. The van der Waals surface area contributed by atoms with Gasteiger partial charge in [0.25, 0.3) is 0 Å². The monoisotopic (exact) mass is 675 g/mol. The molecule has 0 radical (unpaired) electrons. The van der Waals surface area contributed by atoms with Gasteiger partial charge in [-0.05, 0) is 102 Å². The number of hydrogen-bond acceptors (Lipinski definition) is 1. The topological polar surface area (TPSA) is 12.9 Å². The molecule has 250 valence electrons. The van der Waals surface area contributed by atoms with Crippen LogP contribution in [-0.4, -0.2) is 4.98 Å². The van der Waals surface area contributed by atoms with Crippen LogP contribution in [0.1, 0.15) is 11.3 Å². The summed E-state index contributed by atoms with van der Waals surface area (Å²) < 4.78 is 0. The van der Waals surface area contributed by atoms with Gasteiger partial charge in [-0.25, -0.2) is 4.98 Å². The van der Waals surface area contributed by atoms with Crippen LogP contribution in [0.3, 0.4) is 0 Å². The minimum absolute atomic E-state index is 0.879. The molecule has 0 N–H and O–H groups in total. The molecule has 1 heteroatoms. The Hall–Kier alpha value is -6.83. The Balaban J connectivity index is 1.24. The van der Waals surface area contributed by atoms with Crippen molar-refractivity contribution in [2.24, 2.45) is 0 Å². The number of aryl methyl sites for hydroxylation is 1. The quantitative estimate of drug-likeness (QED) is 0.153. The molecule has 1 nitrogen and oxygen atoms in total. The number of rotatable bonds is 7. The summed E-state index contributed by atoms with van der Waals surface area (Å²) in [7, 11) is 0. The second-order valence-electron chi connectivity index (χ2n) is 13.6. The van der Waals surface area contributed by atoms with Gasteiger partial charge in [-0.2, -0.15) is 0 Å². The minimum Gasteiger partial charge on any atom is -0.248 e. The first-order chi connectivity index (χ1) is 26.2. The van der Waals surface area contributed by atoms with E-state index in [-0.39, 0.29) is 0 Å². The standard InChI is InChI=1S/C52H37N/c1-3-48-52(42-24-14-13-17-35(42)2)46(34-49(53-48)38-18-7-4-8-19-38)37-29-27-36(28-30-37)41-31-32-45-47(33-41)51(40-22-11-6-12-23-40)44-26-16-15-25-43(44)50(45)39-20-9-5-10-21-39/h3-34H,1H2,2H3. The molecular weight excluding hydrogens is 639 g/mol. The van der Waals surface area contributed by atoms with E-state index in [1.54, 1.807) is 0 Å². The highest BCUT2D eigenvalue weighted by atomic mass is 14.7. The molecular formula is C52H37N. The summed E-state index contributed by atoms with van der Waals surface area (Å²) in [6, 6.07) is 67.6. The van der Waals surface area contributed by atoms with Crippen molar-refractivity contribution < 1.29 is 0 Å². The van der Waals surface area contributed by atoms with Gasteiger partial charge in [0.05, 0.1) is 11.4 Å². The molecule has 0 bridgehead atoms. The molecule has 1 aromatic heterocycles. The highest BCUT2D eigenvalue weighted by Crippen LogP contribution is 2.45. The molecule has 0 saturated carbocycles. The number of pyridine rings is 1. The number of hydrogen-bond donors (Lipinski definition) is 0. The Labute approximate surface area is 311 Å². The van der Waals surface area contributed by atoms with Gasteiger partial charge in [0, 0.05) is 11.1 Å². The van der Waals surface area contributed by atoms with E-state index < -0.39 is 0 Å². The van der Waals surface area contributed by atoms with Gasteiger partial charge >= 0.3 is 0 Å². The molecule has 8 aromatic carbocycles. The van der Waals surface area contributed by atoms with Crippen molar-refractivity contribution in [3.05, 3.63) is 206 Å². The maximum absolute atomic E-state index is 5.12. The number of fused-ring (bicyclic) bond motifs is 2. The lowest BCUT2D eigenvalue weighted by Gasteiger charge is -2.19. The fraction of sp³-hybridized carbons (Fsp3) is 0.0192. The Kier molecular flexibility index (Phi) is 8.31. The summed E-state index contributed by atoms with van der Waals surface area (Å²) in [5.41, 5.74) is 16.0. The Morgan fingerprint density at radius 2 is 0.868 bits per heavy atom. The van der Waals surface area contributed by atoms with Gasteiger partial charge in [-0.15, -0.1) is 0 Å². The van der Waals surface area contributed by atoms with Crippen LogP contribution in [0.2, 0.25) is 0 Å². The highest BCUT2D eigenvalue weighted by Gasteiger charge is 2.19. The van der Waals surface area contributed by atoms with Crippen LogP contribution in [0.5, 0.6) is 0 Å². The van der Waals surface area contributed by atoms with Gasteiger partial charge in [0.15, 0.2) is 0 Å². The van der Waals surface area contributed by atoms with Crippen LogP contribution in [0, 0.1) is 6.92 Å². The second-order valence-corrected chi connectivity index (χ2v) is 13.6. The molecule has 0 aliphatic rings. The first-order valence-corrected chi connectivity index (χ1v) is 18.2. The lowest BCUT2D eigenvalue weighted by atomic mass is 9.84. The molecule has 9 rings (SSSR count). The third-order valence-corrected chi connectivity index (χ3v) is 10.4. The van der Waals surface area contributed by atoms with Crippen LogP contribution in [0.25, 0.3) is 94.5 Å². The summed E-state index contributed by atoms with van der Waals surface area (Å²) in [5, 5.41) is 5.01. The normalized spacial score (nSPS) is 11.2. The number of nitrogens with zero attached hydrogens (tertiary/aromatic N) is 1. The van der Waals surface area contributed by atoms with E-state index in [1.165, 1.54) is 60.5 Å². The molecule has 0 saturated heterocycles. The third-order valence-electron chi connectivity index (χ3n) is 10.4. The Morgan fingerprint density at radius 3 is 1.47 bits per heavy atom. The van der Waals surface area contributed by atoms with E-state index in [2.05, 4.69) is 195 Å². The van der Waals surface area contributed by atoms with Crippen molar-refractivity contribution in [2.45, 2.75) is 6.92 Å². The van der Waals surface area contributed by atoms with E-state index >= 15 is 0 Å². The fourth-order valence-corrected chi connectivity index (χ4v) is 7.87. The second kappa shape index (κ2) is 13.7. The molecule has 0 amide bonds. The molecule has 1 heterocycles. The SMILES string of the molecule is C=Cc1nc(-c2ccccc2)cc(-c2ccc(-c3ccc4c(-c5ccccc5)c5ccccc5c(-c5ccccc5)c4c3)cc2)c1-c1ccccc1C. The predicted octanol–water partition coefficient (Wildman–Crippen LogP) is 14.3. The summed E-state index contributed by atoms with van der Waals surface area (Å²) in [6.45, 7) is 6.37. The molecule has 0 aliphatic heterocycles. The molecule has 0 spiro atoms. The van der Waals surface area contributed by atoms with E-state index in [1.807, 2.05) is 12.1 Å². The third kappa shape index (κ3) is 5.83. The van der Waals surface area contributed by atoms with Crippen molar-refractivity contribution in [1.82, 2.24) is 4.98 Å². The lowest BCUT2D eigenvalue weighted by molar-refractivity contribution is 1.29. The van der Waals surface area contributed by atoms with Gasteiger partial charge in [0.2, 0.25) is 0 Å². The van der Waals surface area contributed by atoms with Crippen molar-refractivity contribution in [3.8, 4) is 66.9 Å². The maximum Gasteiger partial charge on any atom is 0.0716 e. The smallest absolute Gasteiger partial charge is 0.0716 e. The van der Waals surface area contributed by atoms with Crippen molar-refractivity contribution in [1.29, 1.82) is 0 Å². The first-order valence-electron chi connectivity index (χ1n) is 18.2. The van der Waals surface area contributed by atoms with E-state index in [9.17, 15) is 0 Å². The Morgan fingerprint density at radius 1 is 0.377 bits per heavy atom. The predicted molar refractivity (Wildman–Crippen MR) is 227 cm³/mol. The molecule has 53 heavy (non-hydrogen) atoms. The number of aromatic nitrogens is 1. The zero-order chi connectivity index (χ0) is 35.7. The zero-order valence-corrected chi connectivity index (χ0v) is 29.6. The van der Waals surface area contributed by atoms with Crippen LogP contribution in [0.4, 0.5) is 0 Å². The first kappa shape index (κ1) is 32.1. The molecule has 0 unspecified atom stereocenters.